The van der Waals surface area contributed by atoms with Gasteiger partial charge in [-0.25, -0.2) is 4.98 Å². The van der Waals surface area contributed by atoms with Crippen LogP contribution in [0.5, 0.6) is 5.75 Å². The fraction of sp³-hybridized carbons (Fsp3) is 0.292. The maximum atomic E-state index is 12.8. The zero-order chi connectivity index (χ0) is 25.5. The number of nitrogens with zero attached hydrogens (tertiary/aromatic N) is 3. The Labute approximate surface area is 225 Å². The molecule has 2 aromatic heterocycles. The van der Waals surface area contributed by atoms with Crippen molar-refractivity contribution < 1.29 is 14.3 Å². The van der Waals surface area contributed by atoms with Gasteiger partial charge in [0.15, 0.2) is 8.68 Å². The van der Waals surface area contributed by atoms with Gasteiger partial charge >= 0.3 is 0 Å². The molecule has 4 rings (SSSR count). The van der Waals surface area contributed by atoms with Crippen LogP contribution in [0.25, 0.3) is 10.2 Å². The predicted molar refractivity (Wildman–Crippen MR) is 150 cm³/mol. The van der Waals surface area contributed by atoms with E-state index in [2.05, 4.69) is 25.8 Å². The molecule has 2 N–H and O–H groups in total. The third-order valence-electron chi connectivity index (χ3n) is 4.83. The van der Waals surface area contributed by atoms with Crippen LogP contribution in [-0.2, 0) is 9.59 Å². The highest BCUT2D eigenvalue weighted by Gasteiger charge is 2.20. The summed E-state index contributed by atoms with van der Waals surface area (Å²) >= 11 is 5.80. The van der Waals surface area contributed by atoms with Crippen molar-refractivity contribution in [1.82, 2.24) is 15.2 Å². The number of rotatable bonds is 11. The molecule has 0 spiro atoms. The summed E-state index contributed by atoms with van der Waals surface area (Å²) in [6, 6.07) is 12.9. The molecule has 188 valence electrons. The number of thioether (sulfide) groups is 2. The molecule has 4 aromatic rings. The number of fused-ring (bicyclic) bond motifs is 1. The minimum Gasteiger partial charge on any atom is -0.494 e. The number of carbonyl (C=O) groups excluding carboxylic acids is 2. The Kier molecular flexibility index (Phi) is 9.19. The number of ether oxygens (including phenoxy) is 1. The molecule has 0 aliphatic heterocycles. The van der Waals surface area contributed by atoms with Gasteiger partial charge in [-0.1, -0.05) is 41.8 Å². The second-order valence-electron chi connectivity index (χ2n) is 7.55. The van der Waals surface area contributed by atoms with E-state index in [1.807, 2.05) is 63.2 Å². The monoisotopic (exact) mass is 559 g/mol. The first kappa shape index (κ1) is 26.4. The highest BCUT2D eigenvalue weighted by atomic mass is 32.2. The molecule has 2 amide bonds. The number of nitrogens with one attached hydrogen (secondary N) is 2. The van der Waals surface area contributed by atoms with E-state index in [-0.39, 0.29) is 22.8 Å². The Morgan fingerprint density at radius 2 is 1.78 bits per heavy atom. The maximum Gasteiger partial charge on any atom is 0.237 e. The van der Waals surface area contributed by atoms with E-state index < -0.39 is 0 Å². The van der Waals surface area contributed by atoms with E-state index in [1.54, 1.807) is 0 Å². The van der Waals surface area contributed by atoms with Crippen LogP contribution >= 0.6 is 46.2 Å². The van der Waals surface area contributed by atoms with Crippen molar-refractivity contribution in [3.8, 4) is 5.75 Å². The van der Waals surface area contributed by atoms with E-state index in [9.17, 15) is 9.59 Å². The highest BCUT2D eigenvalue weighted by Crippen LogP contribution is 2.32. The lowest BCUT2D eigenvalue weighted by molar-refractivity contribution is -0.116. The average Bonchev–Trinajstić information content (AvgIpc) is 3.47. The standard InChI is InChI=1S/C24H25N5O3S4/c1-4-19(35-24-29-28-14(3)34-24)22(31)26-16-8-11-18-20(12-16)36-23(27-18)33-13-21(30)25-15-6-9-17(10-7-15)32-5-2/h6-12,19H,4-5,13H2,1-3H3,(H,25,30)(H,26,31). The van der Waals surface area contributed by atoms with Crippen molar-refractivity contribution in [3.63, 3.8) is 0 Å². The number of thiazole rings is 1. The molecule has 1 atom stereocenters. The van der Waals surface area contributed by atoms with Crippen LogP contribution in [0, 0.1) is 6.92 Å². The van der Waals surface area contributed by atoms with Crippen molar-refractivity contribution in [1.29, 1.82) is 0 Å². The van der Waals surface area contributed by atoms with Crippen molar-refractivity contribution >= 4 is 79.6 Å². The first-order valence-electron chi connectivity index (χ1n) is 11.3. The van der Waals surface area contributed by atoms with Gasteiger partial charge in [-0.3, -0.25) is 9.59 Å². The molecule has 36 heavy (non-hydrogen) atoms. The van der Waals surface area contributed by atoms with Crippen LogP contribution < -0.4 is 15.4 Å². The minimum absolute atomic E-state index is 0.0697. The number of anilines is 2. The summed E-state index contributed by atoms with van der Waals surface area (Å²) < 4.78 is 7.95. The third-order valence-corrected chi connectivity index (χ3v) is 9.27. The molecule has 0 saturated carbocycles. The molecule has 0 bridgehead atoms. The maximum absolute atomic E-state index is 12.8. The third kappa shape index (κ3) is 7.19. The topological polar surface area (TPSA) is 106 Å². The van der Waals surface area contributed by atoms with Crippen LogP contribution in [0.15, 0.2) is 51.1 Å². The van der Waals surface area contributed by atoms with Gasteiger partial charge in [-0.2, -0.15) is 0 Å². The number of hydrogen-bond acceptors (Lipinski definition) is 10. The first-order valence-corrected chi connectivity index (χ1v) is 14.8. The zero-order valence-corrected chi connectivity index (χ0v) is 23.2. The SMILES string of the molecule is CCOc1ccc(NC(=O)CSc2nc3ccc(NC(=O)C(CC)Sc4nnc(C)s4)cc3s2)cc1. The number of aryl methyl sites for hydroxylation is 1. The summed E-state index contributed by atoms with van der Waals surface area (Å²) in [5.41, 5.74) is 2.27. The van der Waals surface area contributed by atoms with E-state index in [4.69, 9.17) is 4.74 Å². The van der Waals surface area contributed by atoms with Crippen molar-refractivity contribution in [2.45, 2.75) is 41.1 Å². The Morgan fingerprint density at radius 3 is 2.47 bits per heavy atom. The lowest BCUT2D eigenvalue weighted by atomic mass is 10.2. The minimum atomic E-state index is -0.255. The van der Waals surface area contributed by atoms with Crippen LogP contribution in [0.1, 0.15) is 25.3 Å². The number of amides is 2. The lowest BCUT2D eigenvalue weighted by Gasteiger charge is -2.13. The molecular weight excluding hydrogens is 535 g/mol. The van der Waals surface area contributed by atoms with Gasteiger partial charge in [0, 0.05) is 11.4 Å². The molecule has 0 fully saturated rings. The van der Waals surface area contributed by atoms with Gasteiger partial charge in [0.05, 0.1) is 27.8 Å². The van der Waals surface area contributed by atoms with E-state index in [0.717, 1.165) is 35.3 Å². The molecule has 2 heterocycles. The fourth-order valence-electron chi connectivity index (χ4n) is 3.16. The van der Waals surface area contributed by atoms with Gasteiger partial charge in [-0.05, 0) is 62.7 Å². The first-order chi connectivity index (χ1) is 17.4. The molecule has 12 heteroatoms. The summed E-state index contributed by atoms with van der Waals surface area (Å²) in [5, 5.41) is 14.6. The van der Waals surface area contributed by atoms with Gasteiger partial charge in [0.1, 0.15) is 10.8 Å². The Morgan fingerprint density at radius 1 is 1.00 bits per heavy atom. The van der Waals surface area contributed by atoms with Crippen LogP contribution in [0.4, 0.5) is 11.4 Å². The molecule has 1 unspecified atom stereocenters. The molecule has 0 aliphatic carbocycles. The van der Waals surface area contributed by atoms with Gasteiger partial charge < -0.3 is 15.4 Å². The predicted octanol–water partition coefficient (Wildman–Crippen LogP) is 6.10. The highest BCUT2D eigenvalue weighted by molar-refractivity contribution is 8.02. The fourth-order valence-corrected chi connectivity index (χ4v) is 7.05. The van der Waals surface area contributed by atoms with Crippen LogP contribution in [0.2, 0.25) is 0 Å². The number of aromatic nitrogens is 3. The van der Waals surface area contributed by atoms with Gasteiger partial charge in [-0.15, -0.1) is 21.5 Å². The molecule has 0 radical (unpaired) electrons. The Hall–Kier alpha value is -2.67. The van der Waals surface area contributed by atoms with Gasteiger partial charge in [0.2, 0.25) is 11.8 Å². The van der Waals surface area contributed by atoms with Crippen molar-refractivity contribution in [2.24, 2.45) is 0 Å². The smallest absolute Gasteiger partial charge is 0.237 e. The summed E-state index contributed by atoms with van der Waals surface area (Å²) in [4.78, 5) is 29.8. The molecule has 0 saturated heterocycles. The number of hydrogen-bond donors (Lipinski definition) is 2. The second-order valence-corrected chi connectivity index (χ2v) is 12.4. The summed E-state index contributed by atoms with van der Waals surface area (Å²) in [5.74, 6) is 0.840. The largest absolute Gasteiger partial charge is 0.494 e. The number of carbonyl (C=O) groups is 2. The summed E-state index contributed by atoms with van der Waals surface area (Å²) in [6.45, 7) is 6.40. The summed E-state index contributed by atoms with van der Waals surface area (Å²) in [6.07, 6.45) is 0.678. The molecule has 2 aromatic carbocycles. The Bertz CT molecular complexity index is 1340. The van der Waals surface area contributed by atoms with Gasteiger partial charge in [0.25, 0.3) is 0 Å². The molecular formula is C24H25N5O3S4. The average molecular weight is 560 g/mol. The zero-order valence-electron chi connectivity index (χ0n) is 19.9. The van der Waals surface area contributed by atoms with E-state index >= 15 is 0 Å². The second kappa shape index (κ2) is 12.5. The van der Waals surface area contributed by atoms with Crippen molar-refractivity contribution in [3.05, 3.63) is 47.5 Å². The molecule has 0 aliphatic rings. The van der Waals surface area contributed by atoms with Crippen LogP contribution in [0.3, 0.4) is 0 Å². The molecule has 8 nitrogen and oxygen atoms in total. The number of benzene rings is 2. The normalized spacial score (nSPS) is 11.9. The lowest BCUT2D eigenvalue weighted by Crippen LogP contribution is -2.24. The van der Waals surface area contributed by atoms with E-state index in [0.29, 0.717) is 18.7 Å². The van der Waals surface area contributed by atoms with Crippen LogP contribution in [-0.4, -0.2) is 44.6 Å². The van der Waals surface area contributed by atoms with E-state index in [1.165, 1.54) is 46.2 Å². The van der Waals surface area contributed by atoms with Crippen molar-refractivity contribution in [2.75, 3.05) is 23.0 Å². The Balaban J connectivity index is 1.32. The summed E-state index contributed by atoms with van der Waals surface area (Å²) in [7, 11) is 0. The quantitative estimate of drug-likeness (QED) is 0.213.